The van der Waals surface area contributed by atoms with Crippen LogP contribution in [-0.4, -0.2) is 48.4 Å². The van der Waals surface area contributed by atoms with Gasteiger partial charge in [-0.2, -0.15) is 13.2 Å². The molecule has 1 aliphatic heterocycles. The zero-order valence-corrected chi connectivity index (χ0v) is 14.7. The SMILES string of the molecule is CC(C)C(CN1CCCC1)N(C)C(=O)c1ccc(F)cc1C(F)(F)F. The van der Waals surface area contributed by atoms with E-state index in [1.165, 1.54) is 11.9 Å². The number of carbonyl (C=O) groups is 1. The van der Waals surface area contributed by atoms with Crippen molar-refractivity contribution in [2.75, 3.05) is 26.7 Å². The maximum atomic E-state index is 13.3. The summed E-state index contributed by atoms with van der Waals surface area (Å²) in [5, 5.41) is 0. The molecule has 0 aromatic heterocycles. The summed E-state index contributed by atoms with van der Waals surface area (Å²) in [6.07, 6.45) is -2.59. The Morgan fingerprint density at radius 2 is 1.84 bits per heavy atom. The monoisotopic (exact) mass is 360 g/mol. The minimum absolute atomic E-state index is 0.0873. The predicted octanol–water partition coefficient (Wildman–Crippen LogP) is 4.04. The number of rotatable bonds is 5. The lowest BCUT2D eigenvalue weighted by molar-refractivity contribution is -0.138. The molecule has 0 saturated carbocycles. The third-order valence-electron chi connectivity index (χ3n) is 4.75. The number of benzene rings is 1. The third kappa shape index (κ3) is 4.71. The fourth-order valence-electron chi connectivity index (χ4n) is 3.29. The molecule has 1 aromatic carbocycles. The van der Waals surface area contributed by atoms with E-state index in [0.717, 1.165) is 38.1 Å². The minimum atomic E-state index is -4.78. The molecule has 0 bridgehead atoms. The number of hydrogen-bond donors (Lipinski definition) is 0. The molecule has 1 aliphatic rings. The second-order valence-corrected chi connectivity index (χ2v) is 6.92. The Morgan fingerprint density at radius 3 is 2.36 bits per heavy atom. The van der Waals surface area contributed by atoms with Crippen LogP contribution in [0.4, 0.5) is 17.6 Å². The Hall–Kier alpha value is -1.63. The fraction of sp³-hybridized carbons (Fsp3) is 0.611. The number of alkyl halides is 3. The van der Waals surface area contributed by atoms with E-state index in [4.69, 9.17) is 0 Å². The van der Waals surface area contributed by atoms with Crippen molar-refractivity contribution in [1.82, 2.24) is 9.80 Å². The van der Waals surface area contributed by atoms with E-state index in [1.54, 1.807) is 0 Å². The van der Waals surface area contributed by atoms with Gasteiger partial charge in [-0.15, -0.1) is 0 Å². The van der Waals surface area contributed by atoms with Crippen molar-refractivity contribution in [2.45, 2.75) is 38.9 Å². The van der Waals surface area contributed by atoms with Gasteiger partial charge in [-0.3, -0.25) is 4.79 Å². The molecule has 0 spiro atoms. The lowest BCUT2D eigenvalue weighted by atomic mass is 9.99. The van der Waals surface area contributed by atoms with Gasteiger partial charge in [0.15, 0.2) is 0 Å². The Kier molecular flexibility index (Phi) is 6.08. The first-order valence-corrected chi connectivity index (χ1v) is 8.47. The summed E-state index contributed by atoms with van der Waals surface area (Å²) in [5.74, 6) is -1.65. The van der Waals surface area contributed by atoms with Gasteiger partial charge in [0.2, 0.25) is 0 Å². The van der Waals surface area contributed by atoms with Crippen LogP contribution in [0.3, 0.4) is 0 Å². The molecule has 2 rings (SSSR count). The second-order valence-electron chi connectivity index (χ2n) is 6.92. The zero-order chi connectivity index (χ0) is 18.8. The van der Waals surface area contributed by atoms with Gasteiger partial charge in [-0.25, -0.2) is 4.39 Å². The molecular weight excluding hydrogens is 336 g/mol. The van der Waals surface area contributed by atoms with Crippen molar-refractivity contribution in [3.63, 3.8) is 0 Å². The number of halogens is 4. The number of amides is 1. The molecule has 1 heterocycles. The molecule has 3 nitrogen and oxygen atoms in total. The number of nitrogens with zero attached hydrogens (tertiary/aromatic N) is 2. The van der Waals surface area contributed by atoms with Gasteiger partial charge < -0.3 is 9.80 Å². The van der Waals surface area contributed by atoms with Gasteiger partial charge in [0, 0.05) is 19.6 Å². The van der Waals surface area contributed by atoms with Gasteiger partial charge >= 0.3 is 6.18 Å². The zero-order valence-electron chi connectivity index (χ0n) is 14.7. The van der Waals surface area contributed by atoms with Crippen molar-refractivity contribution >= 4 is 5.91 Å². The molecule has 1 unspecified atom stereocenters. The molecule has 1 saturated heterocycles. The van der Waals surface area contributed by atoms with Crippen LogP contribution in [0.2, 0.25) is 0 Å². The lowest BCUT2D eigenvalue weighted by Gasteiger charge is -2.35. The van der Waals surface area contributed by atoms with E-state index < -0.39 is 29.0 Å². The Bertz CT molecular complexity index is 610. The molecule has 1 fully saturated rings. The largest absolute Gasteiger partial charge is 0.417 e. The second kappa shape index (κ2) is 7.72. The first kappa shape index (κ1) is 19.7. The highest BCUT2D eigenvalue weighted by atomic mass is 19.4. The number of likely N-dealkylation sites (N-methyl/N-ethyl adjacent to an activating group) is 1. The Morgan fingerprint density at radius 1 is 1.24 bits per heavy atom. The summed E-state index contributed by atoms with van der Waals surface area (Å²) in [6, 6.07) is 1.98. The van der Waals surface area contributed by atoms with Crippen molar-refractivity contribution < 1.29 is 22.4 Å². The predicted molar refractivity (Wildman–Crippen MR) is 87.8 cm³/mol. The van der Waals surface area contributed by atoms with E-state index in [2.05, 4.69) is 4.90 Å². The Balaban J connectivity index is 2.28. The molecule has 140 valence electrons. The van der Waals surface area contributed by atoms with Crippen LogP contribution in [0, 0.1) is 11.7 Å². The highest BCUT2D eigenvalue weighted by Gasteiger charge is 2.37. The molecule has 1 atom stereocenters. The Labute approximate surface area is 145 Å². The molecule has 0 aliphatic carbocycles. The summed E-state index contributed by atoms with van der Waals surface area (Å²) in [6.45, 7) is 6.40. The third-order valence-corrected chi connectivity index (χ3v) is 4.75. The van der Waals surface area contributed by atoms with E-state index in [0.29, 0.717) is 12.6 Å². The fourth-order valence-corrected chi connectivity index (χ4v) is 3.29. The highest BCUT2D eigenvalue weighted by molar-refractivity contribution is 5.96. The van der Waals surface area contributed by atoms with Gasteiger partial charge in [0.05, 0.1) is 11.1 Å². The van der Waals surface area contributed by atoms with Crippen LogP contribution >= 0.6 is 0 Å². The molecular formula is C18H24F4N2O. The lowest BCUT2D eigenvalue weighted by Crippen LogP contribution is -2.47. The van der Waals surface area contributed by atoms with Crippen LogP contribution in [0.5, 0.6) is 0 Å². The average molecular weight is 360 g/mol. The molecule has 7 heteroatoms. The van der Waals surface area contributed by atoms with Crippen molar-refractivity contribution in [3.05, 3.63) is 35.1 Å². The quantitative estimate of drug-likeness (QED) is 0.740. The molecule has 1 aromatic rings. The number of likely N-dealkylation sites (tertiary alicyclic amines) is 1. The molecule has 1 amide bonds. The van der Waals surface area contributed by atoms with E-state index in [1.807, 2.05) is 13.8 Å². The normalized spacial score (nSPS) is 17.1. The molecule has 0 radical (unpaired) electrons. The van der Waals surface area contributed by atoms with E-state index in [-0.39, 0.29) is 12.0 Å². The van der Waals surface area contributed by atoms with Crippen molar-refractivity contribution in [3.8, 4) is 0 Å². The smallest absolute Gasteiger partial charge is 0.337 e. The number of hydrogen-bond acceptors (Lipinski definition) is 2. The molecule has 0 N–H and O–H groups in total. The van der Waals surface area contributed by atoms with Crippen LogP contribution in [0.15, 0.2) is 18.2 Å². The summed E-state index contributed by atoms with van der Waals surface area (Å²) in [4.78, 5) is 16.3. The molecule has 25 heavy (non-hydrogen) atoms. The van der Waals surface area contributed by atoms with Crippen LogP contribution in [0.1, 0.15) is 42.6 Å². The van der Waals surface area contributed by atoms with Gasteiger partial charge in [0.1, 0.15) is 5.82 Å². The van der Waals surface area contributed by atoms with Crippen LogP contribution in [-0.2, 0) is 6.18 Å². The van der Waals surface area contributed by atoms with Crippen LogP contribution < -0.4 is 0 Å². The highest BCUT2D eigenvalue weighted by Crippen LogP contribution is 2.33. The van der Waals surface area contributed by atoms with Crippen molar-refractivity contribution in [1.29, 1.82) is 0 Å². The van der Waals surface area contributed by atoms with Gasteiger partial charge in [-0.1, -0.05) is 13.8 Å². The maximum Gasteiger partial charge on any atom is 0.417 e. The standard InChI is InChI=1S/C18H24F4N2O/c1-12(2)16(11-24-8-4-5-9-24)23(3)17(25)14-7-6-13(19)10-15(14)18(20,21)22/h6-7,10,12,16H,4-5,8-9,11H2,1-3H3. The number of carbonyl (C=O) groups excluding carboxylic acids is 1. The minimum Gasteiger partial charge on any atom is -0.337 e. The van der Waals surface area contributed by atoms with Crippen LogP contribution in [0.25, 0.3) is 0 Å². The first-order chi connectivity index (χ1) is 11.6. The van der Waals surface area contributed by atoms with Gasteiger partial charge in [0.25, 0.3) is 5.91 Å². The summed E-state index contributed by atoms with van der Waals surface area (Å²) >= 11 is 0. The van der Waals surface area contributed by atoms with Gasteiger partial charge in [-0.05, 0) is 50.0 Å². The van der Waals surface area contributed by atoms with E-state index in [9.17, 15) is 22.4 Å². The first-order valence-electron chi connectivity index (χ1n) is 8.47. The summed E-state index contributed by atoms with van der Waals surface area (Å²) in [5.41, 5.74) is -1.74. The maximum absolute atomic E-state index is 13.3. The average Bonchev–Trinajstić information content (AvgIpc) is 3.03. The van der Waals surface area contributed by atoms with E-state index >= 15 is 0 Å². The summed E-state index contributed by atoms with van der Waals surface area (Å²) in [7, 11) is 1.52. The topological polar surface area (TPSA) is 23.6 Å². The summed E-state index contributed by atoms with van der Waals surface area (Å²) < 4.78 is 52.8. The van der Waals surface area contributed by atoms with Crippen molar-refractivity contribution in [2.24, 2.45) is 5.92 Å².